The number of halogens is 1. The Morgan fingerprint density at radius 2 is 2.29 bits per heavy atom. The molecular weight excluding hydrogens is 95.1 g/mol. The summed E-state index contributed by atoms with van der Waals surface area (Å²) in [5.74, 6) is 0. The van der Waals surface area contributed by atoms with Crippen molar-refractivity contribution in [1.29, 1.82) is 0 Å². The lowest BCUT2D eigenvalue weighted by atomic mass is 10.5. The van der Waals surface area contributed by atoms with Crippen LogP contribution in [0.4, 0.5) is 4.39 Å². The van der Waals surface area contributed by atoms with E-state index in [1.165, 1.54) is 0 Å². The standard InChI is InChI=1S/C5H10FO/c1-2-7-5-3-4-6/h1-5H2. The molecule has 2 heteroatoms. The lowest BCUT2D eigenvalue weighted by Gasteiger charge is -1.93. The molecule has 0 rings (SSSR count). The van der Waals surface area contributed by atoms with Gasteiger partial charge in [0, 0.05) is 13.2 Å². The van der Waals surface area contributed by atoms with Crippen molar-refractivity contribution in [3.05, 3.63) is 6.92 Å². The zero-order valence-corrected chi connectivity index (χ0v) is 4.32. The molecule has 0 unspecified atom stereocenters. The van der Waals surface area contributed by atoms with Gasteiger partial charge in [-0.25, -0.2) is 0 Å². The van der Waals surface area contributed by atoms with E-state index in [2.05, 4.69) is 6.92 Å². The average Bonchev–Trinajstić information content (AvgIpc) is 1.69. The summed E-state index contributed by atoms with van der Waals surface area (Å²) in [4.78, 5) is 0. The van der Waals surface area contributed by atoms with Crippen LogP contribution in [0.2, 0.25) is 0 Å². The van der Waals surface area contributed by atoms with Gasteiger partial charge in [0.05, 0.1) is 6.67 Å². The molecule has 0 bridgehead atoms. The van der Waals surface area contributed by atoms with Crippen molar-refractivity contribution in [2.75, 3.05) is 19.9 Å². The van der Waals surface area contributed by atoms with Gasteiger partial charge in [-0.15, -0.1) is 0 Å². The third-order valence-electron chi connectivity index (χ3n) is 0.567. The average molecular weight is 105 g/mol. The highest BCUT2D eigenvalue weighted by Crippen LogP contribution is 1.80. The van der Waals surface area contributed by atoms with Gasteiger partial charge in [-0.05, 0) is 13.3 Å². The molecule has 0 aliphatic rings. The molecular formula is C5H10FO. The lowest BCUT2D eigenvalue weighted by molar-refractivity contribution is 0.151. The number of hydrogen-bond acceptors (Lipinski definition) is 1. The first kappa shape index (κ1) is 6.89. The van der Waals surface area contributed by atoms with Crippen LogP contribution in [-0.4, -0.2) is 19.9 Å². The molecule has 0 amide bonds. The van der Waals surface area contributed by atoms with E-state index >= 15 is 0 Å². The molecule has 0 aromatic heterocycles. The van der Waals surface area contributed by atoms with Crippen LogP contribution in [0.5, 0.6) is 0 Å². The first-order valence-corrected chi connectivity index (χ1v) is 2.34. The normalized spacial score (nSPS) is 9.43. The summed E-state index contributed by atoms with van der Waals surface area (Å²) < 4.78 is 15.9. The Balaban J connectivity index is 2.45. The quantitative estimate of drug-likeness (QED) is 0.488. The Morgan fingerprint density at radius 3 is 2.71 bits per heavy atom. The highest BCUT2D eigenvalue weighted by molar-refractivity contribution is 4.33. The number of hydrogen-bond donors (Lipinski definition) is 0. The second kappa shape index (κ2) is 5.89. The number of rotatable bonds is 4. The third kappa shape index (κ3) is 5.89. The van der Waals surface area contributed by atoms with Gasteiger partial charge in [0.2, 0.25) is 0 Å². The van der Waals surface area contributed by atoms with Gasteiger partial charge in [-0.3, -0.25) is 4.39 Å². The molecule has 1 radical (unpaired) electrons. The van der Waals surface area contributed by atoms with Crippen molar-refractivity contribution in [2.45, 2.75) is 6.42 Å². The highest BCUT2D eigenvalue weighted by Gasteiger charge is 1.81. The molecule has 0 atom stereocenters. The summed E-state index contributed by atoms with van der Waals surface area (Å²) in [5.41, 5.74) is 0. The highest BCUT2D eigenvalue weighted by atomic mass is 19.1. The minimum atomic E-state index is -0.292. The molecule has 0 saturated heterocycles. The Morgan fingerprint density at radius 1 is 1.57 bits per heavy atom. The summed E-state index contributed by atoms with van der Waals surface area (Å²) >= 11 is 0. The maximum atomic E-state index is 11.2. The Kier molecular flexibility index (Phi) is 5.80. The van der Waals surface area contributed by atoms with E-state index in [0.717, 1.165) is 0 Å². The van der Waals surface area contributed by atoms with Gasteiger partial charge in [0.1, 0.15) is 0 Å². The van der Waals surface area contributed by atoms with Crippen LogP contribution in [0.15, 0.2) is 0 Å². The molecule has 0 saturated carbocycles. The summed E-state index contributed by atoms with van der Waals surface area (Å²) in [6.07, 6.45) is 0.496. The van der Waals surface area contributed by atoms with Crippen molar-refractivity contribution in [3.8, 4) is 0 Å². The van der Waals surface area contributed by atoms with E-state index in [0.29, 0.717) is 19.6 Å². The predicted molar refractivity (Wildman–Crippen MR) is 26.8 cm³/mol. The van der Waals surface area contributed by atoms with Gasteiger partial charge in [0.15, 0.2) is 0 Å². The van der Waals surface area contributed by atoms with E-state index in [1.807, 2.05) is 0 Å². The monoisotopic (exact) mass is 105 g/mol. The summed E-state index contributed by atoms with van der Waals surface area (Å²) in [7, 11) is 0. The van der Waals surface area contributed by atoms with Crippen molar-refractivity contribution in [1.82, 2.24) is 0 Å². The van der Waals surface area contributed by atoms with Gasteiger partial charge in [-0.2, -0.15) is 0 Å². The van der Waals surface area contributed by atoms with Crippen molar-refractivity contribution in [3.63, 3.8) is 0 Å². The van der Waals surface area contributed by atoms with Crippen LogP contribution in [-0.2, 0) is 4.74 Å². The van der Waals surface area contributed by atoms with Gasteiger partial charge < -0.3 is 4.74 Å². The Bertz CT molecular complexity index is 27.3. The van der Waals surface area contributed by atoms with Crippen LogP contribution < -0.4 is 0 Å². The van der Waals surface area contributed by atoms with Crippen LogP contribution in [0.3, 0.4) is 0 Å². The molecule has 1 nitrogen and oxygen atoms in total. The molecule has 0 aromatic carbocycles. The van der Waals surface area contributed by atoms with Crippen LogP contribution >= 0.6 is 0 Å². The maximum absolute atomic E-state index is 11.2. The molecule has 7 heavy (non-hydrogen) atoms. The minimum Gasteiger partial charge on any atom is -0.381 e. The first-order chi connectivity index (χ1) is 3.41. The largest absolute Gasteiger partial charge is 0.381 e. The van der Waals surface area contributed by atoms with Crippen LogP contribution in [0, 0.1) is 6.92 Å². The fourth-order valence-electron chi connectivity index (χ4n) is 0.259. The minimum absolute atomic E-state index is 0.292. The smallest absolute Gasteiger partial charge is 0.0916 e. The SMILES string of the molecule is [CH2]COCCCF. The van der Waals surface area contributed by atoms with Gasteiger partial charge in [0.25, 0.3) is 0 Å². The maximum Gasteiger partial charge on any atom is 0.0916 e. The Hall–Kier alpha value is -0.110. The molecule has 43 valence electrons. The van der Waals surface area contributed by atoms with Crippen molar-refractivity contribution in [2.24, 2.45) is 0 Å². The molecule has 0 aromatic rings. The van der Waals surface area contributed by atoms with Gasteiger partial charge >= 0.3 is 0 Å². The predicted octanol–water partition coefficient (Wildman–Crippen LogP) is 1.20. The topological polar surface area (TPSA) is 9.23 Å². The summed E-state index contributed by atoms with van der Waals surface area (Å²) in [6.45, 7) is 4.07. The summed E-state index contributed by atoms with van der Waals surface area (Å²) in [6, 6.07) is 0. The molecule has 0 N–H and O–H groups in total. The fraction of sp³-hybridized carbons (Fsp3) is 0.800. The Labute approximate surface area is 43.5 Å². The number of alkyl halides is 1. The molecule has 0 spiro atoms. The van der Waals surface area contributed by atoms with Crippen LogP contribution in [0.25, 0.3) is 0 Å². The first-order valence-electron chi connectivity index (χ1n) is 2.34. The second-order valence-corrected chi connectivity index (χ2v) is 1.15. The van der Waals surface area contributed by atoms with Crippen molar-refractivity contribution < 1.29 is 9.13 Å². The second-order valence-electron chi connectivity index (χ2n) is 1.15. The van der Waals surface area contributed by atoms with E-state index in [-0.39, 0.29) is 6.67 Å². The zero-order valence-electron chi connectivity index (χ0n) is 4.32. The van der Waals surface area contributed by atoms with E-state index in [4.69, 9.17) is 4.74 Å². The zero-order chi connectivity index (χ0) is 5.54. The number of ether oxygens (including phenoxy) is 1. The third-order valence-corrected chi connectivity index (χ3v) is 0.567. The van der Waals surface area contributed by atoms with E-state index < -0.39 is 0 Å². The molecule has 0 aliphatic carbocycles. The molecule has 0 aliphatic heterocycles. The molecule has 0 fully saturated rings. The fourth-order valence-corrected chi connectivity index (χ4v) is 0.259. The van der Waals surface area contributed by atoms with Crippen LogP contribution in [0.1, 0.15) is 6.42 Å². The lowest BCUT2D eigenvalue weighted by Crippen LogP contribution is -1.93. The van der Waals surface area contributed by atoms with E-state index in [9.17, 15) is 4.39 Å². The molecule has 0 heterocycles. The van der Waals surface area contributed by atoms with E-state index in [1.54, 1.807) is 0 Å². The summed E-state index contributed by atoms with van der Waals surface area (Å²) in [5, 5.41) is 0. The van der Waals surface area contributed by atoms with Gasteiger partial charge in [-0.1, -0.05) is 0 Å². The van der Waals surface area contributed by atoms with Crippen molar-refractivity contribution >= 4 is 0 Å².